The molecule has 1 rings (SSSR count). The molecular weight excluding hydrogens is 869 g/mol. The molecule has 0 aliphatic carbocycles. The first-order chi connectivity index (χ1) is 32.6. The lowest BCUT2D eigenvalue weighted by Crippen LogP contribution is -2.49. The van der Waals surface area contributed by atoms with Gasteiger partial charge in [0.2, 0.25) is 23.6 Å². The van der Waals surface area contributed by atoms with Crippen LogP contribution in [0.4, 0.5) is 0 Å². The van der Waals surface area contributed by atoms with Crippen LogP contribution in [0, 0.1) is 5.92 Å². The summed E-state index contributed by atoms with van der Waals surface area (Å²) in [6.07, 6.45) is 21.4. The molecule has 0 aliphatic heterocycles. The SMILES string of the molecule is CC(=O)CCCCCCCCCCCCCCCCC(=O)N[C@@H](CCC(=O)NCCCCCC(=O)NCCCC[C@H](NCC(=O)CC(C)C)C(=O)CN[C@@H](Cc1ccc(O)cc1)C(N)=O)C(=O)O. The Hall–Kier alpha value is -4.70. The average Bonchev–Trinajstić information content (AvgIpc) is 3.28. The number of hydrogen-bond donors (Lipinski definition) is 8. The van der Waals surface area contributed by atoms with Gasteiger partial charge in [-0.1, -0.05) is 109 Å². The lowest BCUT2D eigenvalue weighted by atomic mass is 10.0. The zero-order valence-corrected chi connectivity index (χ0v) is 41.8. The number of Topliss-reactive ketones (excluding diaryl/α,β-unsaturated/α-hetero) is 3. The second-order valence-corrected chi connectivity index (χ2v) is 18.9. The van der Waals surface area contributed by atoms with Crippen LogP contribution in [-0.4, -0.2) is 101 Å². The predicted molar refractivity (Wildman–Crippen MR) is 266 cm³/mol. The maximum absolute atomic E-state index is 13.3. The van der Waals surface area contributed by atoms with Gasteiger partial charge in [0, 0.05) is 45.2 Å². The number of benzene rings is 1. The number of phenolic OH excluding ortho intramolecular Hbond substituents is 1. The summed E-state index contributed by atoms with van der Waals surface area (Å²) in [7, 11) is 0. The fourth-order valence-electron chi connectivity index (χ4n) is 7.90. The Morgan fingerprint density at radius 2 is 1.01 bits per heavy atom. The molecule has 16 heteroatoms. The molecule has 0 spiro atoms. The first-order valence-electron chi connectivity index (χ1n) is 25.7. The number of aliphatic carboxylic acids is 1. The summed E-state index contributed by atoms with van der Waals surface area (Å²) < 4.78 is 0. The van der Waals surface area contributed by atoms with Crippen molar-refractivity contribution < 1.29 is 48.6 Å². The van der Waals surface area contributed by atoms with Gasteiger partial charge in [0.25, 0.3) is 0 Å². The summed E-state index contributed by atoms with van der Waals surface area (Å²) >= 11 is 0. The summed E-state index contributed by atoms with van der Waals surface area (Å²) in [5.41, 5.74) is 6.36. The van der Waals surface area contributed by atoms with E-state index in [4.69, 9.17) is 5.73 Å². The van der Waals surface area contributed by atoms with Gasteiger partial charge in [-0.05, 0) is 88.3 Å². The number of aromatic hydroxyl groups is 1. The molecule has 16 nitrogen and oxygen atoms in total. The van der Waals surface area contributed by atoms with E-state index < -0.39 is 30.0 Å². The van der Waals surface area contributed by atoms with Gasteiger partial charge in [-0.2, -0.15) is 0 Å². The summed E-state index contributed by atoms with van der Waals surface area (Å²) in [6.45, 7) is 6.27. The third-order valence-electron chi connectivity index (χ3n) is 11.9. The number of carboxylic acid groups (broad SMARTS) is 1. The Labute approximate surface area is 406 Å². The van der Waals surface area contributed by atoms with E-state index in [1.165, 1.54) is 63.5 Å². The van der Waals surface area contributed by atoms with Crippen molar-refractivity contribution in [3.05, 3.63) is 29.8 Å². The van der Waals surface area contributed by atoms with Crippen LogP contribution in [-0.2, 0) is 44.8 Å². The molecule has 68 heavy (non-hydrogen) atoms. The average molecular weight is 957 g/mol. The van der Waals surface area contributed by atoms with Crippen LogP contribution in [0.25, 0.3) is 0 Å². The van der Waals surface area contributed by atoms with E-state index in [2.05, 4.69) is 26.6 Å². The molecule has 386 valence electrons. The minimum atomic E-state index is -1.17. The molecule has 0 unspecified atom stereocenters. The molecule has 0 aromatic heterocycles. The number of primary amides is 1. The van der Waals surface area contributed by atoms with Crippen molar-refractivity contribution in [1.29, 1.82) is 0 Å². The van der Waals surface area contributed by atoms with Gasteiger partial charge in [-0.3, -0.25) is 34.1 Å². The number of ketones is 3. The predicted octanol–water partition coefficient (Wildman–Crippen LogP) is 6.66. The van der Waals surface area contributed by atoms with Crippen LogP contribution >= 0.6 is 0 Å². The second-order valence-electron chi connectivity index (χ2n) is 18.9. The Kier molecular flexibility index (Phi) is 35.3. The van der Waals surface area contributed by atoms with Gasteiger partial charge in [0.15, 0.2) is 5.78 Å². The van der Waals surface area contributed by atoms with Crippen LogP contribution < -0.4 is 32.3 Å². The van der Waals surface area contributed by atoms with Gasteiger partial charge in [0.1, 0.15) is 23.4 Å². The van der Waals surface area contributed by atoms with Crippen LogP contribution in [0.5, 0.6) is 5.75 Å². The molecule has 0 radical (unpaired) electrons. The Morgan fingerprint density at radius 3 is 1.53 bits per heavy atom. The highest BCUT2D eigenvalue weighted by Gasteiger charge is 2.23. The lowest BCUT2D eigenvalue weighted by molar-refractivity contribution is -0.142. The van der Waals surface area contributed by atoms with E-state index in [-0.39, 0.29) is 85.5 Å². The van der Waals surface area contributed by atoms with E-state index in [1.807, 2.05) is 13.8 Å². The third kappa shape index (κ3) is 34.6. The Balaban J connectivity index is 2.21. The maximum Gasteiger partial charge on any atom is 0.326 e. The van der Waals surface area contributed by atoms with Crippen LogP contribution in [0.1, 0.15) is 193 Å². The molecule has 1 aromatic carbocycles. The highest BCUT2D eigenvalue weighted by Crippen LogP contribution is 2.15. The summed E-state index contributed by atoms with van der Waals surface area (Å²) in [5.74, 6) is -2.15. The number of unbranched alkanes of at least 4 members (excludes halogenated alkanes) is 16. The normalized spacial score (nSPS) is 12.5. The summed E-state index contributed by atoms with van der Waals surface area (Å²) in [4.78, 5) is 97.9. The van der Waals surface area contributed by atoms with E-state index in [1.54, 1.807) is 19.1 Å². The quantitative estimate of drug-likeness (QED) is 0.0319. The first-order valence-corrected chi connectivity index (χ1v) is 25.7. The number of rotatable bonds is 45. The zero-order valence-electron chi connectivity index (χ0n) is 41.8. The molecular formula is C52H88N6O10. The minimum absolute atomic E-state index is 0.00272. The van der Waals surface area contributed by atoms with E-state index in [9.17, 15) is 48.6 Å². The third-order valence-corrected chi connectivity index (χ3v) is 11.9. The molecule has 0 saturated carbocycles. The van der Waals surface area contributed by atoms with Crippen molar-refractivity contribution in [1.82, 2.24) is 26.6 Å². The summed E-state index contributed by atoms with van der Waals surface area (Å²) in [5, 5.41) is 33.5. The first kappa shape index (κ1) is 61.3. The van der Waals surface area contributed by atoms with E-state index in [0.29, 0.717) is 77.3 Å². The number of amides is 4. The number of nitrogens with two attached hydrogens (primary N) is 1. The molecule has 1 aromatic rings. The van der Waals surface area contributed by atoms with Gasteiger partial charge in [-0.15, -0.1) is 0 Å². The molecule has 4 amide bonds. The highest BCUT2D eigenvalue weighted by molar-refractivity contribution is 5.88. The van der Waals surface area contributed by atoms with Gasteiger partial charge < -0.3 is 42.0 Å². The van der Waals surface area contributed by atoms with Crippen LogP contribution in [0.2, 0.25) is 0 Å². The molecule has 0 bridgehead atoms. The number of nitrogens with one attached hydrogen (secondary N) is 5. The Bertz CT molecular complexity index is 1620. The van der Waals surface area contributed by atoms with Crippen molar-refractivity contribution >= 4 is 46.9 Å². The smallest absolute Gasteiger partial charge is 0.326 e. The van der Waals surface area contributed by atoms with Crippen molar-refractivity contribution in [3.63, 3.8) is 0 Å². The molecule has 9 N–H and O–H groups in total. The number of carbonyl (C=O) groups excluding carboxylic acids is 7. The van der Waals surface area contributed by atoms with Crippen molar-refractivity contribution in [2.24, 2.45) is 11.7 Å². The maximum atomic E-state index is 13.3. The van der Waals surface area contributed by atoms with Crippen molar-refractivity contribution in [3.8, 4) is 5.75 Å². The topological polar surface area (TPSA) is 263 Å². The lowest BCUT2D eigenvalue weighted by Gasteiger charge is -2.20. The fourth-order valence-corrected chi connectivity index (χ4v) is 7.90. The molecule has 3 atom stereocenters. The van der Waals surface area contributed by atoms with E-state index >= 15 is 0 Å². The minimum Gasteiger partial charge on any atom is -0.508 e. The largest absolute Gasteiger partial charge is 0.508 e. The van der Waals surface area contributed by atoms with Gasteiger partial charge in [-0.25, -0.2) is 4.79 Å². The van der Waals surface area contributed by atoms with Crippen LogP contribution in [0.15, 0.2) is 24.3 Å². The van der Waals surface area contributed by atoms with E-state index in [0.717, 1.165) is 37.7 Å². The van der Waals surface area contributed by atoms with Crippen molar-refractivity contribution in [2.75, 3.05) is 26.2 Å². The van der Waals surface area contributed by atoms with Gasteiger partial charge >= 0.3 is 5.97 Å². The number of carbonyl (C=O) groups is 8. The molecule has 0 aliphatic rings. The van der Waals surface area contributed by atoms with Gasteiger partial charge in [0.05, 0.1) is 25.2 Å². The summed E-state index contributed by atoms with van der Waals surface area (Å²) in [6, 6.07) is 3.79. The van der Waals surface area contributed by atoms with Crippen LogP contribution in [0.3, 0.4) is 0 Å². The fraction of sp³-hybridized carbons (Fsp3) is 0.731. The number of phenols is 1. The second kappa shape index (κ2) is 39.2. The van der Waals surface area contributed by atoms with Crippen molar-refractivity contribution in [2.45, 2.75) is 212 Å². The zero-order chi connectivity index (χ0) is 50.4. The molecule has 0 fully saturated rings. The molecule has 0 saturated heterocycles. The number of carboxylic acids is 1. The molecule has 0 heterocycles. The number of hydrogen-bond acceptors (Lipinski definition) is 11. The Morgan fingerprint density at radius 1 is 0.544 bits per heavy atom. The monoisotopic (exact) mass is 957 g/mol. The standard InChI is InChI=1S/C52H88N6O10/c1-39(2)35-43(61)37-56-44(47(62)38-57-46(51(53)66)36-41-27-29-42(60)30-28-41)24-20-22-34-54-48(63)25-19-16-21-33-55-49(64)32-31-45(52(67)68)58-50(65)26-18-15-13-11-9-7-5-4-6-8-10-12-14-17-23-40(3)59/h27-30,39,44-46,56-57,60H,4-26,31-38H2,1-3H3,(H2,53,66)(H,54,63)(H,55,64)(H,58,65)(H,67,68)/t44-,45-,46-/m0/s1. The highest BCUT2D eigenvalue weighted by atomic mass is 16.4.